The van der Waals surface area contributed by atoms with Gasteiger partial charge in [-0.05, 0) is 50.4 Å². The average molecular weight is 414 g/mol. The molecule has 5 rings (SSSR count). The summed E-state index contributed by atoms with van der Waals surface area (Å²) in [5.74, 6) is 0.979. The fourth-order valence-corrected chi connectivity index (χ4v) is 4.09. The summed E-state index contributed by atoms with van der Waals surface area (Å²) < 4.78 is 0. The van der Waals surface area contributed by atoms with Crippen LogP contribution in [0.2, 0.25) is 0 Å². The topological polar surface area (TPSA) is 86.1 Å². The van der Waals surface area contributed by atoms with Gasteiger partial charge < -0.3 is 25.8 Å². The van der Waals surface area contributed by atoms with Gasteiger partial charge in [0.1, 0.15) is 5.82 Å². The van der Waals surface area contributed by atoms with Crippen molar-refractivity contribution in [2.75, 3.05) is 49.2 Å². The molecule has 3 heterocycles. The van der Waals surface area contributed by atoms with Crippen LogP contribution < -0.4 is 16.0 Å². The monoisotopic (exact) mass is 413 g/mol. The number of nitrogens with zero attached hydrogens (tertiary/aromatic N) is 4. The number of rotatable bonds is 4. The number of nitrogens with two attached hydrogens (primary N) is 1. The molecule has 0 bridgehead atoms. The quantitative estimate of drug-likeness (QED) is 0.469. The van der Waals surface area contributed by atoms with Gasteiger partial charge >= 0.3 is 0 Å². The summed E-state index contributed by atoms with van der Waals surface area (Å²) in [6.07, 6.45) is 1.94. The van der Waals surface area contributed by atoms with Crippen LogP contribution in [0.4, 0.5) is 23.1 Å². The molecule has 2 aromatic heterocycles. The Hall–Kier alpha value is -3.58. The zero-order chi connectivity index (χ0) is 21.4. The summed E-state index contributed by atoms with van der Waals surface area (Å²) in [6, 6.07) is 16.6. The van der Waals surface area contributed by atoms with E-state index < -0.39 is 0 Å². The van der Waals surface area contributed by atoms with Gasteiger partial charge in [-0.15, -0.1) is 0 Å². The highest BCUT2D eigenvalue weighted by atomic mass is 15.2. The molecule has 0 amide bonds. The van der Waals surface area contributed by atoms with Crippen LogP contribution in [-0.4, -0.2) is 53.1 Å². The van der Waals surface area contributed by atoms with Crippen LogP contribution in [0, 0.1) is 6.92 Å². The van der Waals surface area contributed by atoms with Crippen molar-refractivity contribution < 1.29 is 0 Å². The van der Waals surface area contributed by atoms with Crippen molar-refractivity contribution in [2.45, 2.75) is 6.92 Å². The SMILES string of the molecule is Cc1c(N)nc(Nc2ccc(N3CCN(C)CC3)cc2)nc1-c1cccc2[nH]ccc12. The smallest absolute Gasteiger partial charge is 0.229 e. The van der Waals surface area contributed by atoms with Crippen LogP contribution in [0.3, 0.4) is 0 Å². The highest BCUT2D eigenvalue weighted by molar-refractivity contribution is 5.95. The van der Waals surface area contributed by atoms with E-state index >= 15 is 0 Å². The normalized spacial score (nSPS) is 14.8. The van der Waals surface area contributed by atoms with Gasteiger partial charge in [-0.1, -0.05) is 12.1 Å². The molecule has 0 spiro atoms. The van der Waals surface area contributed by atoms with Crippen LogP contribution >= 0.6 is 0 Å². The van der Waals surface area contributed by atoms with Crippen LogP contribution in [0.5, 0.6) is 0 Å². The van der Waals surface area contributed by atoms with Gasteiger partial charge in [0.15, 0.2) is 0 Å². The first kappa shape index (κ1) is 19.4. The van der Waals surface area contributed by atoms with E-state index in [1.165, 1.54) is 5.69 Å². The summed E-state index contributed by atoms with van der Waals surface area (Å²) in [5.41, 5.74) is 12.3. The lowest BCUT2D eigenvalue weighted by molar-refractivity contribution is 0.313. The fraction of sp³-hybridized carbons (Fsp3) is 0.250. The average Bonchev–Trinajstić information content (AvgIpc) is 3.26. The van der Waals surface area contributed by atoms with E-state index in [4.69, 9.17) is 10.7 Å². The molecule has 7 heteroatoms. The summed E-state index contributed by atoms with van der Waals surface area (Å²) in [6.45, 7) is 6.25. The Labute approximate surface area is 181 Å². The molecule has 1 aliphatic heterocycles. The van der Waals surface area contributed by atoms with E-state index in [0.29, 0.717) is 11.8 Å². The third kappa shape index (κ3) is 3.80. The molecule has 2 aromatic carbocycles. The van der Waals surface area contributed by atoms with Crippen molar-refractivity contribution in [1.82, 2.24) is 19.9 Å². The van der Waals surface area contributed by atoms with Gasteiger partial charge in [-0.2, -0.15) is 4.98 Å². The number of aromatic amines is 1. The van der Waals surface area contributed by atoms with Gasteiger partial charge in [0, 0.05) is 65.8 Å². The van der Waals surface area contributed by atoms with Crippen LogP contribution in [0.1, 0.15) is 5.56 Å². The number of H-pyrrole nitrogens is 1. The lowest BCUT2D eigenvalue weighted by Crippen LogP contribution is -2.44. The van der Waals surface area contributed by atoms with Gasteiger partial charge in [0.25, 0.3) is 0 Å². The molecule has 4 aromatic rings. The number of fused-ring (bicyclic) bond motifs is 1. The Kier molecular flexibility index (Phi) is 4.95. The van der Waals surface area contributed by atoms with E-state index in [1.807, 2.05) is 19.2 Å². The zero-order valence-electron chi connectivity index (χ0n) is 17.9. The minimum atomic E-state index is 0.481. The summed E-state index contributed by atoms with van der Waals surface area (Å²) in [7, 11) is 2.17. The molecular formula is C24H27N7. The molecule has 0 saturated carbocycles. The third-order valence-electron chi connectivity index (χ3n) is 6.03. The number of hydrogen-bond donors (Lipinski definition) is 3. The maximum atomic E-state index is 6.26. The van der Waals surface area contributed by atoms with Crippen LogP contribution in [-0.2, 0) is 0 Å². The number of nitrogens with one attached hydrogen (secondary N) is 2. The molecule has 1 saturated heterocycles. The molecule has 7 nitrogen and oxygen atoms in total. The molecule has 0 radical (unpaired) electrons. The standard InChI is InChI=1S/C24H27N7/c1-16-22(20-4-3-5-21-19(20)10-11-26-21)28-24(29-23(16)25)27-17-6-8-18(9-7-17)31-14-12-30(2)13-15-31/h3-11,26H,12-15H2,1-2H3,(H3,25,27,28,29). The number of benzene rings is 2. The molecule has 0 aliphatic carbocycles. The fourth-order valence-electron chi connectivity index (χ4n) is 4.09. The molecule has 0 atom stereocenters. The minimum Gasteiger partial charge on any atom is -0.383 e. The van der Waals surface area contributed by atoms with E-state index in [9.17, 15) is 0 Å². The van der Waals surface area contributed by atoms with Gasteiger partial charge in [-0.3, -0.25) is 0 Å². The molecular weight excluding hydrogens is 386 g/mol. The van der Waals surface area contributed by atoms with Crippen molar-refractivity contribution in [3.05, 3.63) is 60.3 Å². The third-order valence-corrected chi connectivity index (χ3v) is 6.03. The minimum absolute atomic E-state index is 0.481. The van der Waals surface area contributed by atoms with Crippen molar-refractivity contribution in [3.8, 4) is 11.3 Å². The molecule has 158 valence electrons. The molecule has 31 heavy (non-hydrogen) atoms. The number of piperazine rings is 1. The number of anilines is 4. The maximum Gasteiger partial charge on any atom is 0.229 e. The number of hydrogen-bond acceptors (Lipinski definition) is 6. The van der Waals surface area contributed by atoms with Crippen molar-refractivity contribution in [2.24, 2.45) is 0 Å². The largest absolute Gasteiger partial charge is 0.383 e. The van der Waals surface area contributed by atoms with Gasteiger partial charge in [0.2, 0.25) is 5.95 Å². The first-order valence-corrected chi connectivity index (χ1v) is 10.6. The number of aromatic nitrogens is 3. The second-order valence-corrected chi connectivity index (χ2v) is 8.11. The summed E-state index contributed by atoms with van der Waals surface area (Å²) in [5, 5.41) is 4.44. The maximum absolute atomic E-state index is 6.26. The predicted octanol–water partition coefficient (Wildman–Crippen LogP) is 4.01. The highest BCUT2D eigenvalue weighted by Gasteiger charge is 2.16. The Morgan fingerprint density at radius 3 is 2.52 bits per heavy atom. The van der Waals surface area contributed by atoms with E-state index in [0.717, 1.165) is 59.6 Å². The van der Waals surface area contributed by atoms with Crippen molar-refractivity contribution in [3.63, 3.8) is 0 Å². The van der Waals surface area contributed by atoms with Crippen molar-refractivity contribution >= 4 is 34.0 Å². The molecule has 1 fully saturated rings. The van der Waals surface area contributed by atoms with Gasteiger partial charge in [-0.25, -0.2) is 4.98 Å². The summed E-state index contributed by atoms with van der Waals surface area (Å²) >= 11 is 0. The first-order valence-electron chi connectivity index (χ1n) is 10.6. The number of nitrogen functional groups attached to an aromatic ring is 1. The van der Waals surface area contributed by atoms with Crippen molar-refractivity contribution in [1.29, 1.82) is 0 Å². The van der Waals surface area contributed by atoms with Crippen LogP contribution in [0.15, 0.2) is 54.7 Å². The predicted molar refractivity (Wildman–Crippen MR) is 128 cm³/mol. The van der Waals surface area contributed by atoms with E-state index in [2.05, 4.69) is 74.6 Å². The Morgan fingerprint density at radius 2 is 1.74 bits per heavy atom. The second-order valence-electron chi connectivity index (χ2n) is 8.11. The molecule has 4 N–H and O–H groups in total. The molecule has 0 unspecified atom stereocenters. The highest BCUT2D eigenvalue weighted by Crippen LogP contribution is 2.32. The lowest BCUT2D eigenvalue weighted by Gasteiger charge is -2.34. The lowest BCUT2D eigenvalue weighted by atomic mass is 10.0. The van der Waals surface area contributed by atoms with E-state index in [-0.39, 0.29) is 0 Å². The van der Waals surface area contributed by atoms with E-state index in [1.54, 1.807) is 0 Å². The Bertz CT molecular complexity index is 1200. The zero-order valence-corrected chi connectivity index (χ0v) is 17.9. The second kappa shape index (κ2) is 7.92. The number of likely N-dealkylation sites (N-methyl/N-ethyl adjacent to an activating group) is 1. The summed E-state index contributed by atoms with van der Waals surface area (Å²) in [4.78, 5) is 17.3. The first-order chi connectivity index (χ1) is 15.1. The van der Waals surface area contributed by atoms with Crippen LogP contribution in [0.25, 0.3) is 22.2 Å². The Balaban J connectivity index is 1.42. The molecule has 1 aliphatic rings. The van der Waals surface area contributed by atoms with Gasteiger partial charge in [0.05, 0.1) is 5.69 Å². The Morgan fingerprint density at radius 1 is 0.968 bits per heavy atom.